The number of ether oxygens (including phenoxy) is 1. The first-order valence-electron chi connectivity index (χ1n) is 6.58. The maximum absolute atomic E-state index is 5.85. The predicted molar refractivity (Wildman–Crippen MR) is 84.2 cm³/mol. The third-order valence-electron chi connectivity index (χ3n) is 3.17. The molecule has 3 nitrogen and oxygen atoms in total. The molecule has 0 radical (unpaired) electrons. The van der Waals surface area contributed by atoms with Gasteiger partial charge in [0, 0.05) is 28.8 Å². The van der Waals surface area contributed by atoms with Gasteiger partial charge in [0.1, 0.15) is 12.4 Å². The van der Waals surface area contributed by atoms with Crippen molar-refractivity contribution < 1.29 is 9.26 Å². The molecule has 1 heterocycles. The van der Waals surface area contributed by atoms with E-state index in [9.17, 15) is 0 Å². The third-order valence-corrected chi connectivity index (χ3v) is 3.61. The van der Waals surface area contributed by atoms with E-state index >= 15 is 0 Å². The van der Waals surface area contributed by atoms with Crippen molar-refractivity contribution in [2.45, 2.75) is 13.0 Å². The molecule has 1 aromatic heterocycles. The number of fused-ring (bicyclic) bond motifs is 1. The second-order valence-electron chi connectivity index (χ2n) is 4.64. The van der Waals surface area contributed by atoms with Crippen LogP contribution in [0.15, 0.2) is 47.0 Å². The van der Waals surface area contributed by atoms with E-state index in [0.717, 1.165) is 22.4 Å². The van der Waals surface area contributed by atoms with Gasteiger partial charge in [-0.1, -0.05) is 28.9 Å². The average molecular weight is 322 g/mol. The van der Waals surface area contributed by atoms with Crippen LogP contribution in [-0.2, 0) is 13.0 Å². The summed E-state index contributed by atoms with van der Waals surface area (Å²) < 4.78 is 11.1. The largest absolute Gasteiger partial charge is 0.489 e. The molecule has 0 aliphatic carbocycles. The van der Waals surface area contributed by atoms with Crippen molar-refractivity contribution >= 4 is 34.2 Å². The Hall–Kier alpha value is -1.71. The van der Waals surface area contributed by atoms with Crippen LogP contribution >= 0.6 is 23.2 Å². The number of hydrogen-bond acceptors (Lipinski definition) is 3. The molecule has 0 atom stereocenters. The molecule has 2 aromatic carbocycles. The Morgan fingerprint density at radius 2 is 1.90 bits per heavy atom. The first-order chi connectivity index (χ1) is 10.3. The Balaban J connectivity index is 1.74. The zero-order valence-electron chi connectivity index (χ0n) is 11.2. The lowest BCUT2D eigenvalue weighted by molar-refractivity contribution is 0.306. The zero-order chi connectivity index (χ0) is 14.7. The summed E-state index contributed by atoms with van der Waals surface area (Å²) in [4.78, 5) is 0. The Morgan fingerprint density at radius 1 is 1.10 bits per heavy atom. The lowest BCUT2D eigenvalue weighted by Crippen LogP contribution is -1.94. The fraction of sp³-hybridized carbons (Fsp3) is 0.188. The second-order valence-corrected chi connectivity index (χ2v) is 5.46. The summed E-state index contributed by atoms with van der Waals surface area (Å²) >= 11 is 11.6. The third kappa shape index (κ3) is 3.31. The van der Waals surface area contributed by atoms with E-state index in [4.69, 9.17) is 32.5 Å². The molecule has 0 fully saturated rings. The molecule has 0 bridgehead atoms. The molecule has 3 aromatic rings. The SMILES string of the molecule is ClCCc1noc2cc(OCc3ccc(Cl)cc3)ccc12. The highest BCUT2D eigenvalue weighted by molar-refractivity contribution is 6.30. The van der Waals surface area contributed by atoms with Crippen LogP contribution in [0.25, 0.3) is 11.0 Å². The van der Waals surface area contributed by atoms with Crippen LogP contribution in [-0.4, -0.2) is 11.0 Å². The van der Waals surface area contributed by atoms with Crippen molar-refractivity contribution in [3.8, 4) is 5.75 Å². The predicted octanol–water partition coefficient (Wildman–Crippen LogP) is 4.84. The Morgan fingerprint density at radius 3 is 2.67 bits per heavy atom. The van der Waals surface area contributed by atoms with Crippen molar-refractivity contribution in [3.63, 3.8) is 0 Å². The molecular weight excluding hydrogens is 309 g/mol. The topological polar surface area (TPSA) is 35.3 Å². The van der Waals surface area contributed by atoms with E-state index in [1.165, 1.54) is 0 Å². The van der Waals surface area contributed by atoms with Gasteiger partial charge in [0.05, 0.1) is 5.69 Å². The highest BCUT2D eigenvalue weighted by Gasteiger charge is 2.08. The van der Waals surface area contributed by atoms with Gasteiger partial charge in [-0.15, -0.1) is 11.6 Å². The van der Waals surface area contributed by atoms with Crippen LogP contribution < -0.4 is 4.74 Å². The van der Waals surface area contributed by atoms with Gasteiger partial charge in [-0.3, -0.25) is 0 Å². The Labute approximate surface area is 132 Å². The summed E-state index contributed by atoms with van der Waals surface area (Å²) in [5.41, 5.74) is 2.65. The summed E-state index contributed by atoms with van der Waals surface area (Å²) in [5, 5.41) is 5.72. The minimum Gasteiger partial charge on any atom is -0.489 e. The first kappa shape index (κ1) is 14.2. The number of aromatic nitrogens is 1. The normalized spacial score (nSPS) is 11.0. The fourth-order valence-electron chi connectivity index (χ4n) is 2.08. The maximum atomic E-state index is 5.85. The van der Waals surface area contributed by atoms with E-state index in [2.05, 4.69) is 5.16 Å². The van der Waals surface area contributed by atoms with E-state index in [1.54, 1.807) is 0 Å². The highest BCUT2D eigenvalue weighted by Crippen LogP contribution is 2.25. The van der Waals surface area contributed by atoms with Gasteiger partial charge in [0.15, 0.2) is 5.58 Å². The number of halogens is 2. The van der Waals surface area contributed by atoms with Crippen LogP contribution in [0.3, 0.4) is 0 Å². The van der Waals surface area contributed by atoms with Crippen LogP contribution in [0, 0.1) is 0 Å². The fourth-order valence-corrected chi connectivity index (χ4v) is 2.38. The van der Waals surface area contributed by atoms with Crippen molar-refractivity contribution in [3.05, 3.63) is 58.7 Å². The minimum absolute atomic E-state index is 0.478. The lowest BCUT2D eigenvalue weighted by Gasteiger charge is -2.06. The average Bonchev–Trinajstić information content (AvgIpc) is 2.90. The summed E-state index contributed by atoms with van der Waals surface area (Å²) in [5.74, 6) is 1.27. The van der Waals surface area contributed by atoms with Crippen molar-refractivity contribution in [1.29, 1.82) is 0 Å². The van der Waals surface area contributed by atoms with E-state index in [-0.39, 0.29) is 0 Å². The molecule has 0 saturated heterocycles. The number of nitrogens with zero attached hydrogens (tertiary/aromatic N) is 1. The molecule has 0 aliphatic rings. The summed E-state index contributed by atoms with van der Waals surface area (Å²) in [6.45, 7) is 0.478. The number of hydrogen-bond donors (Lipinski definition) is 0. The van der Waals surface area contributed by atoms with Crippen LogP contribution in [0.5, 0.6) is 5.75 Å². The molecule has 0 N–H and O–H groups in total. The van der Waals surface area contributed by atoms with Gasteiger partial charge in [-0.05, 0) is 29.8 Å². The standard InChI is InChI=1S/C16H13Cl2NO2/c17-8-7-15-14-6-5-13(9-16(14)21-19-15)20-10-11-1-3-12(18)4-2-11/h1-6,9H,7-8,10H2. The number of alkyl halides is 1. The van der Waals surface area contributed by atoms with Crippen LogP contribution in [0.1, 0.15) is 11.3 Å². The molecule has 0 amide bonds. The van der Waals surface area contributed by atoms with E-state index < -0.39 is 0 Å². The molecule has 108 valence electrons. The van der Waals surface area contributed by atoms with E-state index in [0.29, 0.717) is 29.5 Å². The molecule has 21 heavy (non-hydrogen) atoms. The molecule has 5 heteroatoms. The van der Waals surface area contributed by atoms with Gasteiger partial charge in [0.2, 0.25) is 0 Å². The van der Waals surface area contributed by atoms with Crippen molar-refractivity contribution in [1.82, 2.24) is 5.16 Å². The monoisotopic (exact) mass is 321 g/mol. The smallest absolute Gasteiger partial charge is 0.170 e. The summed E-state index contributed by atoms with van der Waals surface area (Å²) in [7, 11) is 0. The number of rotatable bonds is 5. The van der Waals surface area contributed by atoms with Gasteiger partial charge >= 0.3 is 0 Å². The van der Waals surface area contributed by atoms with Crippen molar-refractivity contribution in [2.75, 3.05) is 5.88 Å². The minimum atomic E-state index is 0.478. The summed E-state index contributed by atoms with van der Waals surface area (Å²) in [6.07, 6.45) is 0.694. The molecule has 0 aliphatic heterocycles. The maximum Gasteiger partial charge on any atom is 0.170 e. The first-order valence-corrected chi connectivity index (χ1v) is 7.49. The molecule has 0 saturated carbocycles. The van der Waals surface area contributed by atoms with Gasteiger partial charge < -0.3 is 9.26 Å². The van der Waals surface area contributed by atoms with Gasteiger partial charge in [0.25, 0.3) is 0 Å². The summed E-state index contributed by atoms with van der Waals surface area (Å²) in [6, 6.07) is 13.3. The van der Waals surface area contributed by atoms with Gasteiger partial charge in [-0.2, -0.15) is 0 Å². The molecule has 0 spiro atoms. The quantitative estimate of drug-likeness (QED) is 0.630. The van der Waals surface area contributed by atoms with E-state index in [1.807, 2.05) is 42.5 Å². The number of benzene rings is 2. The van der Waals surface area contributed by atoms with Crippen LogP contribution in [0.2, 0.25) is 5.02 Å². The molecule has 3 rings (SSSR count). The zero-order valence-corrected chi connectivity index (χ0v) is 12.7. The van der Waals surface area contributed by atoms with Crippen LogP contribution in [0.4, 0.5) is 0 Å². The Bertz CT molecular complexity index is 738. The molecular formula is C16H13Cl2NO2. The highest BCUT2D eigenvalue weighted by atomic mass is 35.5. The molecule has 0 unspecified atom stereocenters. The second kappa shape index (κ2) is 6.37. The van der Waals surface area contributed by atoms with Gasteiger partial charge in [-0.25, -0.2) is 0 Å². The van der Waals surface area contributed by atoms with Crippen molar-refractivity contribution in [2.24, 2.45) is 0 Å². The Kier molecular flexibility index (Phi) is 4.32. The number of aryl methyl sites for hydroxylation is 1. The lowest BCUT2D eigenvalue weighted by atomic mass is 10.2.